The molecule has 0 bridgehead atoms. The van der Waals surface area contributed by atoms with Crippen LogP contribution in [0.5, 0.6) is 0 Å². The molecule has 1 unspecified atom stereocenters. The average Bonchev–Trinajstić information content (AvgIpc) is 3.38. The van der Waals surface area contributed by atoms with Crippen molar-refractivity contribution in [2.45, 2.75) is 43.9 Å². The predicted molar refractivity (Wildman–Crippen MR) is 138 cm³/mol. The van der Waals surface area contributed by atoms with Crippen molar-refractivity contribution in [3.8, 4) is 16.8 Å². The summed E-state index contributed by atoms with van der Waals surface area (Å²) in [5.74, 6) is -0.581. The molecule has 4 aromatic rings. The molecule has 2 aromatic carbocycles. The lowest BCUT2D eigenvalue weighted by atomic mass is 9.74. The normalized spacial score (nSPS) is 18.3. The standard InChI is InChI=1S/C28H24ClN5O4/c29-22-7-8-24(33-16-30-31-32-33)23(13-22)21-12-20-9-10-28(14-18-1-2-18,26(20)34(38)15-21)25(35)11-17-3-5-19(6-4-17)27(36)37/h3-8,12-13,15-16,18H,1-2,9-11,14H2,(H,36,37). The lowest BCUT2D eigenvalue weighted by Gasteiger charge is -2.27. The van der Waals surface area contributed by atoms with Gasteiger partial charge < -0.3 is 10.3 Å². The maximum atomic E-state index is 13.9. The van der Waals surface area contributed by atoms with Crippen LogP contribution in [0.4, 0.5) is 0 Å². The Bertz CT molecular complexity index is 1550. The van der Waals surface area contributed by atoms with Crippen molar-refractivity contribution in [3.63, 3.8) is 0 Å². The molecule has 38 heavy (non-hydrogen) atoms. The molecular weight excluding hydrogens is 506 g/mol. The Morgan fingerprint density at radius 2 is 1.95 bits per heavy atom. The number of aromatic carboxylic acids is 1. The summed E-state index contributed by atoms with van der Waals surface area (Å²) in [6.07, 6.45) is 7.10. The smallest absolute Gasteiger partial charge is 0.335 e. The highest BCUT2D eigenvalue weighted by atomic mass is 35.5. The van der Waals surface area contributed by atoms with E-state index in [1.807, 2.05) is 6.07 Å². The summed E-state index contributed by atoms with van der Waals surface area (Å²) in [4.78, 5) is 25.1. The van der Waals surface area contributed by atoms with Gasteiger partial charge in [0.15, 0.2) is 12.0 Å². The molecule has 0 spiro atoms. The second-order valence-corrected chi connectivity index (χ2v) is 10.6. The molecule has 2 heterocycles. The Kier molecular flexibility index (Phi) is 5.95. The summed E-state index contributed by atoms with van der Waals surface area (Å²) in [5.41, 5.74) is 3.50. The highest BCUT2D eigenvalue weighted by molar-refractivity contribution is 6.31. The van der Waals surface area contributed by atoms with Crippen LogP contribution in [-0.4, -0.2) is 37.1 Å². The number of halogens is 1. The van der Waals surface area contributed by atoms with E-state index in [1.54, 1.807) is 30.3 Å². The van der Waals surface area contributed by atoms with Crippen molar-refractivity contribution in [2.24, 2.45) is 5.92 Å². The largest absolute Gasteiger partial charge is 0.618 e. The molecule has 1 fully saturated rings. The van der Waals surface area contributed by atoms with Crippen molar-refractivity contribution in [3.05, 3.63) is 93.7 Å². The van der Waals surface area contributed by atoms with Crippen LogP contribution in [-0.2, 0) is 23.1 Å². The number of carbonyl (C=O) groups excluding carboxylic acids is 1. The summed E-state index contributed by atoms with van der Waals surface area (Å²) in [6.45, 7) is 0. The van der Waals surface area contributed by atoms with Crippen LogP contribution in [0.3, 0.4) is 0 Å². The highest BCUT2D eigenvalue weighted by Crippen LogP contribution is 2.49. The third-order valence-corrected chi connectivity index (χ3v) is 7.92. The van der Waals surface area contributed by atoms with E-state index in [-0.39, 0.29) is 17.8 Å². The van der Waals surface area contributed by atoms with Crippen LogP contribution in [0, 0.1) is 11.1 Å². The van der Waals surface area contributed by atoms with E-state index in [0.717, 1.165) is 28.7 Å². The van der Waals surface area contributed by atoms with Crippen molar-refractivity contribution < 1.29 is 19.4 Å². The number of nitrogens with zero attached hydrogens (tertiary/aromatic N) is 5. The van der Waals surface area contributed by atoms with Gasteiger partial charge in [-0.2, -0.15) is 9.41 Å². The number of Topliss-reactive ketones (excluding diaryl/α,β-unsaturated/α-hetero) is 1. The second kappa shape index (κ2) is 9.33. The number of pyridine rings is 1. The van der Waals surface area contributed by atoms with Gasteiger partial charge in [-0.1, -0.05) is 36.6 Å². The zero-order valence-corrected chi connectivity index (χ0v) is 21.1. The Morgan fingerprint density at radius 3 is 2.63 bits per heavy atom. The van der Waals surface area contributed by atoms with Crippen LogP contribution in [0.25, 0.3) is 16.8 Å². The van der Waals surface area contributed by atoms with Gasteiger partial charge in [-0.15, -0.1) is 5.10 Å². The van der Waals surface area contributed by atoms with Crippen molar-refractivity contribution in [1.29, 1.82) is 0 Å². The molecule has 192 valence electrons. The zero-order chi connectivity index (χ0) is 26.4. The number of carboxylic acids is 1. The van der Waals surface area contributed by atoms with E-state index in [9.17, 15) is 19.9 Å². The maximum absolute atomic E-state index is 13.9. The molecule has 1 N–H and O–H groups in total. The first-order valence-electron chi connectivity index (χ1n) is 12.5. The molecule has 2 aromatic heterocycles. The third-order valence-electron chi connectivity index (χ3n) is 7.68. The number of hydrogen-bond donors (Lipinski definition) is 1. The van der Waals surface area contributed by atoms with Gasteiger partial charge in [0.2, 0.25) is 5.69 Å². The number of benzene rings is 2. The van der Waals surface area contributed by atoms with Crippen LogP contribution in [0.2, 0.25) is 5.02 Å². The van der Waals surface area contributed by atoms with Gasteiger partial charge >= 0.3 is 5.97 Å². The van der Waals surface area contributed by atoms with E-state index < -0.39 is 11.4 Å². The third kappa shape index (κ3) is 4.32. The fourth-order valence-electron chi connectivity index (χ4n) is 5.68. The van der Waals surface area contributed by atoms with E-state index in [0.29, 0.717) is 52.7 Å². The minimum atomic E-state index is -1.01. The molecular formula is C28H24ClN5O4. The monoisotopic (exact) mass is 529 g/mol. The summed E-state index contributed by atoms with van der Waals surface area (Å²) >= 11 is 6.32. The first-order chi connectivity index (χ1) is 18.3. The van der Waals surface area contributed by atoms with Gasteiger partial charge in [0.1, 0.15) is 11.7 Å². The van der Waals surface area contributed by atoms with Crippen molar-refractivity contribution in [2.75, 3.05) is 0 Å². The molecule has 2 aliphatic rings. The van der Waals surface area contributed by atoms with Gasteiger partial charge in [-0.25, -0.2) is 4.79 Å². The second-order valence-electron chi connectivity index (χ2n) is 10.2. The molecule has 0 aliphatic heterocycles. The molecule has 6 rings (SSSR count). The lowest BCUT2D eigenvalue weighted by Crippen LogP contribution is -2.46. The first-order valence-corrected chi connectivity index (χ1v) is 12.9. The van der Waals surface area contributed by atoms with Crippen LogP contribution in [0.15, 0.2) is 61.1 Å². The van der Waals surface area contributed by atoms with Gasteiger partial charge in [0.25, 0.3) is 0 Å². The fourth-order valence-corrected chi connectivity index (χ4v) is 5.85. The van der Waals surface area contributed by atoms with E-state index in [1.165, 1.54) is 29.3 Å². The number of ketones is 1. The summed E-state index contributed by atoms with van der Waals surface area (Å²) < 4.78 is 2.39. The van der Waals surface area contributed by atoms with Crippen LogP contribution >= 0.6 is 11.6 Å². The number of carbonyl (C=O) groups is 2. The molecule has 1 atom stereocenters. The predicted octanol–water partition coefficient (Wildman–Crippen LogP) is 4.11. The first kappa shape index (κ1) is 24.2. The zero-order valence-electron chi connectivity index (χ0n) is 20.4. The fraction of sp³-hybridized carbons (Fsp3) is 0.286. The number of aromatic nitrogens is 5. The summed E-state index contributed by atoms with van der Waals surface area (Å²) in [6, 6.07) is 13.7. The number of tetrazole rings is 1. The number of hydrogen-bond acceptors (Lipinski definition) is 6. The molecule has 0 amide bonds. The Morgan fingerprint density at radius 1 is 1.16 bits per heavy atom. The molecule has 9 nitrogen and oxygen atoms in total. The van der Waals surface area contributed by atoms with Crippen LogP contribution < -0.4 is 4.73 Å². The SMILES string of the molecule is O=C(O)c1ccc(CC(=O)C2(CC3CC3)CCc3cc(-c4cc(Cl)ccc4-n4cnnn4)c[n+]([O-])c32)cc1. The molecule has 2 aliphatic carbocycles. The molecule has 10 heteroatoms. The molecule has 0 saturated heterocycles. The number of fused-ring (bicyclic) bond motifs is 1. The minimum absolute atomic E-state index is 0.000657. The quantitative estimate of drug-likeness (QED) is 0.269. The van der Waals surface area contributed by atoms with E-state index >= 15 is 0 Å². The van der Waals surface area contributed by atoms with Gasteiger partial charge in [-0.3, -0.25) is 4.79 Å². The number of aryl methyl sites for hydroxylation is 1. The molecule has 0 radical (unpaired) electrons. The van der Waals surface area contributed by atoms with Gasteiger partial charge in [0.05, 0.1) is 11.3 Å². The molecule has 1 saturated carbocycles. The van der Waals surface area contributed by atoms with Gasteiger partial charge in [-0.05, 0) is 77.6 Å². The van der Waals surface area contributed by atoms with Crippen molar-refractivity contribution >= 4 is 23.4 Å². The van der Waals surface area contributed by atoms with E-state index in [2.05, 4.69) is 15.5 Å². The van der Waals surface area contributed by atoms with E-state index in [4.69, 9.17) is 11.6 Å². The number of rotatable bonds is 8. The minimum Gasteiger partial charge on any atom is -0.618 e. The van der Waals surface area contributed by atoms with Crippen molar-refractivity contribution in [1.82, 2.24) is 20.2 Å². The lowest BCUT2D eigenvalue weighted by molar-refractivity contribution is -0.616. The number of carboxylic acid groups (broad SMARTS) is 1. The Balaban J connectivity index is 1.39. The average molecular weight is 530 g/mol. The topological polar surface area (TPSA) is 125 Å². The Labute approximate surface area is 223 Å². The highest BCUT2D eigenvalue weighted by Gasteiger charge is 2.53. The maximum Gasteiger partial charge on any atom is 0.335 e. The summed E-state index contributed by atoms with van der Waals surface area (Å²) in [7, 11) is 0. The summed E-state index contributed by atoms with van der Waals surface area (Å²) in [5, 5.41) is 34.8. The Hall–Kier alpha value is -4.11. The van der Waals surface area contributed by atoms with Crippen LogP contribution in [0.1, 0.15) is 52.9 Å². The van der Waals surface area contributed by atoms with Gasteiger partial charge in [0, 0.05) is 28.1 Å².